The SMILES string of the molecule is CC1(CNC(=O)C2CCCCN2)CCCCC1. The molecule has 2 fully saturated rings. The molecule has 17 heavy (non-hydrogen) atoms. The molecule has 3 nitrogen and oxygen atoms in total. The molecule has 0 aromatic heterocycles. The summed E-state index contributed by atoms with van der Waals surface area (Å²) in [6, 6.07) is 0.0657. The Kier molecular flexibility index (Phi) is 4.43. The molecular weight excluding hydrogens is 212 g/mol. The van der Waals surface area contributed by atoms with Crippen molar-refractivity contribution in [2.75, 3.05) is 13.1 Å². The highest BCUT2D eigenvalue weighted by Gasteiger charge is 2.28. The molecule has 1 saturated carbocycles. The van der Waals surface area contributed by atoms with Gasteiger partial charge < -0.3 is 10.6 Å². The molecule has 1 unspecified atom stereocenters. The first-order valence-corrected chi connectivity index (χ1v) is 7.21. The lowest BCUT2D eigenvalue weighted by molar-refractivity contribution is -0.124. The molecule has 2 rings (SSSR count). The highest BCUT2D eigenvalue weighted by atomic mass is 16.2. The van der Waals surface area contributed by atoms with E-state index in [1.807, 2.05) is 0 Å². The van der Waals surface area contributed by atoms with E-state index < -0.39 is 0 Å². The number of carbonyl (C=O) groups is 1. The highest BCUT2D eigenvalue weighted by molar-refractivity contribution is 5.81. The van der Waals surface area contributed by atoms with Gasteiger partial charge in [-0.1, -0.05) is 32.6 Å². The Labute approximate surface area is 105 Å². The smallest absolute Gasteiger partial charge is 0.237 e. The predicted octanol–water partition coefficient (Wildman–Crippen LogP) is 2.22. The topological polar surface area (TPSA) is 41.1 Å². The summed E-state index contributed by atoms with van der Waals surface area (Å²) in [5.41, 5.74) is 0.350. The number of hydrogen-bond donors (Lipinski definition) is 2. The van der Waals surface area contributed by atoms with E-state index in [4.69, 9.17) is 0 Å². The second-order valence-corrected chi connectivity index (χ2v) is 6.09. The van der Waals surface area contributed by atoms with Crippen LogP contribution in [-0.2, 0) is 4.79 Å². The third-order valence-electron chi connectivity index (χ3n) is 4.38. The van der Waals surface area contributed by atoms with Crippen molar-refractivity contribution < 1.29 is 4.79 Å². The van der Waals surface area contributed by atoms with Crippen LogP contribution in [0.2, 0.25) is 0 Å². The van der Waals surface area contributed by atoms with E-state index in [0.29, 0.717) is 5.41 Å². The van der Waals surface area contributed by atoms with Gasteiger partial charge in [0.1, 0.15) is 0 Å². The molecule has 0 bridgehead atoms. The Morgan fingerprint density at radius 1 is 1.24 bits per heavy atom. The number of rotatable bonds is 3. The van der Waals surface area contributed by atoms with Crippen molar-refractivity contribution in [1.29, 1.82) is 0 Å². The minimum Gasteiger partial charge on any atom is -0.354 e. The Morgan fingerprint density at radius 2 is 2.00 bits per heavy atom. The van der Waals surface area contributed by atoms with E-state index in [-0.39, 0.29) is 11.9 Å². The fraction of sp³-hybridized carbons (Fsp3) is 0.929. The van der Waals surface area contributed by atoms with Crippen molar-refractivity contribution in [2.24, 2.45) is 5.41 Å². The van der Waals surface area contributed by atoms with E-state index in [1.54, 1.807) is 0 Å². The van der Waals surface area contributed by atoms with Crippen LogP contribution in [0.3, 0.4) is 0 Å². The van der Waals surface area contributed by atoms with Crippen molar-refractivity contribution in [3.63, 3.8) is 0 Å². The summed E-state index contributed by atoms with van der Waals surface area (Å²) in [6.07, 6.45) is 9.96. The zero-order valence-corrected chi connectivity index (χ0v) is 11.1. The van der Waals surface area contributed by atoms with Crippen LogP contribution >= 0.6 is 0 Å². The molecule has 0 spiro atoms. The van der Waals surface area contributed by atoms with Crippen LogP contribution in [0.4, 0.5) is 0 Å². The molecule has 0 aromatic rings. The first-order valence-electron chi connectivity index (χ1n) is 7.21. The second-order valence-electron chi connectivity index (χ2n) is 6.09. The van der Waals surface area contributed by atoms with Crippen molar-refractivity contribution >= 4 is 5.91 Å². The van der Waals surface area contributed by atoms with Gasteiger partial charge in [-0.05, 0) is 37.6 Å². The van der Waals surface area contributed by atoms with Crippen molar-refractivity contribution in [3.8, 4) is 0 Å². The first kappa shape index (κ1) is 12.9. The van der Waals surface area contributed by atoms with Gasteiger partial charge in [0.15, 0.2) is 0 Å². The van der Waals surface area contributed by atoms with Crippen LogP contribution in [0.15, 0.2) is 0 Å². The Morgan fingerprint density at radius 3 is 2.65 bits per heavy atom. The molecule has 2 N–H and O–H groups in total. The summed E-state index contributed by atoms with van der Waals surface area (Å²) in [6.45, 7) is 4.18. The van der Waals surface area contributed by atoms with Gasteiger partial charge in [0.25, 0.3) is 0 Å². The lowest BCUT2D eigenvalue weighted by Crippen LogP contribution is -2.49. The fourth-order valence-corrected chi connectivity index (χ4v) is 3.08. The maximum atomic E-state index is 12.0. The van der Waals surface area contributed by atoms with Crippen LogP contribution in [0.1, 0.15) is 58.3 Å². The average molecular weight is 238 g/mol. The van der Waals surface area contributed by atoms with Crippen LogP contribution in [-0.4, -0.2) is 25.0 Å². The summed E-state index contributed by atoms with van der Waals surface area (Å²) in [5.74, 6) is 0.219. The molecule has 0 aromatic carbocycles. The second kappa shape index (κ2) is 5.85. The summed E-state index contributed by atoms with van der Waals surface area (Å²) in [4.78, 5) is 12.0. The van der Waals surface area contributed by atoms with Gasteiger partial charge in [-0.15, -0.1) is 0 Å². The molecular formula is C14H26N2O. The molecule has 1 heterocycles. The molecule has 1 aliphatic heterocycles. The zero-order chi connectivity index (χ0) is 12.1. The predicted molar refractivity (Wildman–Crippen MR) is 69.8 cm³/mol. The highest BCUT2D eigenvalue weighted by Crippen LogP contribution is 2.34. The quantitative estimate of drug-likeness (QED) is 0.791. The minimum absolute atomic E-state index is 0.0657. The standard InChI is InChI=1S/C14H26N2O/c1-14(8-4-2-5-9-14)11-16-13(17)12-7-3-6-10-15-12/h12,15H,2-11H2,1H3,(H,16,17). The largest absolute Gasteiger partial charge is 0.354 e. The van der Waals surface area contributed by atoms with E-state index in [0.717, 1.165) is 19.5 Å². The average Bonchev–Trinajstić information content (AvgIpc) is 2.38. The molecule has 1 aliphatic carbocycles. The molecule has 1 atom stereocenters. The van der Waals surface area contributed by atoms with Crippen LogP contribution in [0.5, 0.6) is 0 Å². The van der Waals surface area contributed by atoms with Gasteiger partial charge in [-0.2, -0.15) is 0 Å². The van der Waals surface area contributed by atoms with E-state index >= 15 is 0 Å². The maximum Gasteiger partial charge on any atom is 0.237 e. The van der Waals surface area contributed by atoms with Crippen LogP contribution in [0.25, 0.3) is 0 Å². The number of nitrogens with one attached hydrogen (secondary N) is 2. The third kappa shape index (κ3) is 3.70. The summed E-state index contributed by atoms with van der Waals surface area (Å²) in [5, 5.41) is 6.47. The van der Waals surface area contributed by atoms with Crippen molar-refractivity contribution in [3.05, 3.63) is 0 Å². The Balaban J connectivity index is 1.74. The lowest BCUT2D eigenvalue weighted by Gasteiger charge is -2.34. The van der Waals surface area contributed by atoms with Gasteiger partial charge >= 0.3 is 0 Å². The van der Waals surface area contributed by atoms with Crippen LogP contribution in [0, 0.1) is 5.41 Å². The molecule has 98 valence electrons. The van der Waals surface area contributed by atoms with Crippen LogP contribution < -0.4 is 10.6 Å². The van der Waals surface area contributed by atoms with Crippen molar-refractivity contribution in [2.45, 2.75) is 64.3 Å². The first-order chi connectivity index (χ1) is 8.20. The number of carbonyl (C=O) groups excluding carboxylic acids is 1. The van der Waals surface area contributed by atoms with E-state index in [1.165, 1.54) is 44.9 Å². The number of hydrogen-bond acceptors (Lipinski definition) is 2. The Bertz CT molecular complexity index is 253. The zero-order valence-electron chi connectivity index (χ0n) is 11.1. The molecule has 2 aliphatic rings. The Hall–Kier alpha value is -0.570. The maximum absolute atomic E-state index is 12.0. The van der Waals surface area contributed by atoms with Gasteiger partial charge in [0, 0.05) is 6.54 Å². The van der Waals surface area contributed by atoms with E-state index in [2.05, 4.69) is 17.6 Å². The lowest BCUT2D eigenvalue weighted by atomic mass is 9.75. The number of piperidine rings is 1. The number of amides is 1. The monoisotopic (exact) mass is 238 g/mol. The molecule has 0 radical (unpaired) electrons. The molecule has 1 amide bonds. The fourth-order valence-electron chi connectivity index (χ4n) is 3.08. The normalized spacial score (nSPS) is 28.6. The molecule has 3 heteroatoms. The summed E-state index contributed by atoms with van der Waals surface area (Å²) < 4.78 is 0. The van der Waals surface area contributed by atoms with Gasteiger partial charge in [0.05, 0.1) is 6.04 Å². The van der Waals surface area contributed by atoms with E-state index in [9.17, 15) is 4.79 Å². The molecule has 1 saturated heterocycles. The van der Waals surface area contributed by atoms with Gasteiger partial charge in [-0.3, -0.25) is 4.79 Å². The third-order valence-corrected chi connectivity index (χ3v) is 4.38. The van der Waals surface area contributed by atoms with Gasteiger partial charge in [-0.25, -0.2) is 0 Å². The summed E-state index contributed by atoms with van der Waals surface area (Å²) >= 11 is 0. The van der Waals surface area contributed by atoms with Gasteiger partial charge in [0.2, 0.25) is 5.91 Å². The van der Waals surface area contributed by atoms with Crippen molar-refractivity contribution in [1.82, 2.24) is 10.6 Å². The minimum atomic E-state index is 0.0657. The summed E-state index contributed by atoms with van der Waals surface area (Å²) in [7, 11) is 0.